The Morgan fingerprint density at radius 1 is 1.14 bits per heavy atom. The second-order valence-corrected chi connectivity index (χ2v) is 8.37. The van der Waals surface area contributed by atoms with E-state index in [2.05, 4.69) is 20.8 Å². The third-order valence-electron chi connectivity index (χ3n) is 3.70. The van der Waals surface area contributed by atoms with Crippen molar-refractivity contribution in [1.29, 1.82) is 0 Å². The Labute approximate surface area is 134 Å². The van der Waals surface area contributed by atoms with Crippen LogP contribution in [0.4, 0.5) is 4.79 Å². The fourth-order valence-electron chi connectivity index (χ4n) is 3.20. The molecule has 0 aliphatic carbocycles. The zero-order valence-corrected chi connectivity index (χ0v) is 15.2. The van der Waals surface area contributed by atoms with Gasteiger partial charge in [0.15, 0.2) is 6.04 Å². The van der Waals surface area contributed by atoms with E-state index in [4.69, 9.17) is 9.47 Å². The summed E-state index contributed by atoms with van der Waals surface area (Å²) in [4.78, 5) is 25.3. The first kappa shape index (κ1) is 18.9. The van der Waals surface area contributed by atoms with E-state index in [0.717, 1.165) is 6.42 Å². The van der Waals surface area contributed by atoms with Crippen LogP contribution in [0.5, 0.6) is 0 Å². The summed E-state index contributed by atoms with van der Waals surface area (Å²) in [5.41, 5.74) is -0.659. The maximum absolute atomic E-state index is 12.9. The number of esters is 1. The predicted molar refractivity (Wildman–Crippen MR) is 85.3 cm³/mol. The van der Waals surface area contributed by atoms with Crippen molar-refractivity contribution in [2.24, 2.45) is 5.41 Å². The number of likely N-dealkylation sites (tertiary alicyclic amines) is 1. The van der Waals surface area contributed by atoms with Crippen LogP contribution in [0.3, 0.4) is 0 Å². The lowest BCUT2D eigenvalue weighted by molar-refractivity contribution is -0.868. The van der Waals surface area contributed by atoms with Crippen LogP contribution in [0.15, 0.2) is 0 Å². The van der Waals surface area contributed by atoms with Crippen LogP contribution in [-0.2, 0) is 14.3 Å². The molecule has 22 heavy (non-hydrogen) atoms. The van der Waals surface area contributed by atoms with Gasteiger partial charge in [0.25, 0.3) is 0 Å². The van der Waals surface area contributed by atoms with Gasteiger partial charge >= 0.3 is 12.1 Å². The Balaban J connectivity index is 3.16. The normalized spacial score (nSPS) is 25.9. The number of carbonyl (C=O) groups excluding carboxylic acids is 2. The quantitative estimate of drug-likeness (QED) is 0.591. The van der Waals surface area contributed by atoms with Gasteiger partial charge in [-0.2, -0.15) is 4.79 Å². The molecular formula is C17H32NO4+. The highest BCUT2D eigenvalue weighted by Crippen LogP contribution is 2.35. The Kier molecular flexibility index (Phi) is 5.66. The van der Waals surface area contributed by atoms with Crippen LogP contribution >= 0.6 is 0 Å². The Bertz CT molecular complexity index is 419. The summed E-state index contributed by atoms with van der Waals surface area (Å²) in [6.07, 6.45) is 1.20. The van der Waals surface area contributed by atoms with Gasteiger partial charge in [0.1, 0.15) is 5.60 Å². The lowest BCUT2D eigenvalue weighted by Crippen LogP contribution is -2.63. The van der Waals surface area contributed by atoms with E-state index >= 15 is 0 Å². The lowest BCUT2D eigenvalue weighted by Gasteiger charge is -2.40. The number of amides is 1. The highest BCUT2D eigenvalue weighted by Gasteiger charge is 2.56. The molecule has 128 valence electrons. The van der Waals surface area contributed by atoms with Crippen molar-refractivity contribution in [3.8, 4) is 0 Å². The molecule has 0 aromatic heterocycles. The molecule has 1 fully saturated rings. The molecule has 2 atom stereocenters. The molecule has 1 rings (SSSR count). The molecule has 0 N–H and O–H groups in total. The minimum atomic E-state index is -0.567. The first-order valence-electron chi connectivity index (χ1n) is 8.18. The first-order valence-corrected chi connectivity index (χ1v) is 8.18. The zero-order valence-electron chi connectivity index (χ0n) is 15.2. The molecule has 1 aliphatic heterocycles. The van der Waals surface area contributed by atoms with E-state index < -0.39 is 11.6 Å². The summed E-state index contributed by atoms with van der Waals surface area (Å²) in [5.74, 6) is -0.282. The van der Waals surface area contributed by atoms with Crippen molar-refractivity contribution in [1.82, 2.24) is 0 Å². The standard InChI is InChI=1S/C17H32NO4/c1-8-21-14(19)13-10-9-11-18(13,12-16(2,3)4)15(20)22-17(5,6)7/h13H,8-12H2,1-7H3/q+1/t13-,18?/m0/s1. The number of quaternary nitrogens is 1. The van der Waals surface area contributed by atoms with E-state index in [1.807, 2.05) is 20.8 Å². The number of nitrogens with zero attached hydrogens (tertiary/aromatic N) is 1. The molecule has 0 bridgehead atoms. The van der Waals surface area contributed by atoms with Gasteiger partial charge in [0.05, 0.1) is 19.7 Å². The smallest absolute Gasteiger partial charge is 0.462 e. The van der Waals surface area contributed by atoms with Gasteiger partial charge in [-0.1, -0.05) is 20.8 Å². The Morgan fingerprint density at radius 3 is 2.18 bits per heavy atom. The molecule has 5 nitrogen and oxygen atoms in total. The number of ether oxygens (including phenoxy) is 2. The summed E-state index contributed by atoms with van der Waals surface area (Å²) in [6, 6.07) is -0.450. The minimum Gasteiger partial charge on any atom is -0.462 e. The second kappa shape index (κ2) is 6.57. The van der Waals surface area contributed by atoms with Crippen LogP contribution in [0.2, 0.25) is 0 Å². The van der Waals surface area contributed by atoms with Crippen LogP contribution < -0.4 is 0 Å². The van der Waals surface area contributed by atoms with Gasteiger partial charge in [-0.05, 0) is 27.7 Å². The fourth-order valence-corrected chi connectivity index (χ4v) is 3.20. The Morgan fingerprint density at radius 2 is 1.73 bits per heavy atom. The van der Waals surface area contributed by atoms with E-state index in [9.17, 15) is 9.59 Å². The summed E-state index contributed by atoms with van der Waals surface area (Å²) >= 11 is 0. The molecule has 1 saturated heterocycles. The Hall–Kier alpha value is -1.10. The molecule has 1 amide bonds. The van der Waals surface area contributed by atoms with Gasteiger partial charge < -0.3 is 9.47 Å². The number of hydrogen-bond donors (Lipinski definition) is 0. The average Bonchev–Trinajstić information content (AvgIpc) is 2.69. The third-order valence-corrected chi connectivity index (χ3v) is 3.70. The van der Waals surface area contributed by atoms with E-state index in [1.165, 1.54) is 0 Å². The molecule has 1 unspecified atom stereocenters. The average molecular weight is 314 g/mol. The van der Waals surface area contributed by atoms with Gasteiger partial charge in [-0.3, -0.25) is 0 Å². The lowest BCUT2D eigenvalue weighted by atomic mass is 9.94. The number of rotatable bonds is 3. The van der Waals surface area contributed by atoms with Gasteiger partial charge in [-0.15, -0.1) is 0 Å². The van der Waals surface area contributed by atoms with Crippen molar-refractivity contribution in [2.75, 3.05) is 19.7 Å². The molecule has 1 aliphatic rings. The summed E-state index contributed by atoms with van der Waals surface area (Å²) in [7, 11) is 0. The molecule has 0 spiro atoms. The van der Waals surface area contributed by atoms with Gasteiger partial charge in [0, 0.05) is 18.3 Å². The van der Waals surface area contributed by atoms with Crippen molar-refractivity contribution >= 4 is 12.1 Å². The summed E-state index contributed by atoms with van der Waals surface area (Å²) in [6.45, 7) is 15.1. The molecule has 0 radical (unpaired) electrons. The topological polar surface area (TPSA) is 52.6 Å². The zero-order chi connectivity index (χ0) is 17.2. The van der Waals surface area contributed by atoms with Gasteiger partial charge in [0.2, 0.25) is 0 Å². The number of carbonyl (C=O) groups is 2. The van der Waals surface area contributed by atoms with Crippen LogP contribution in [0, 0.1) is 5.41 Å². The molecule has 0 saturated carbocycles. The first-order chi connectivity index (χ1) is 9.91. The molecular weight excluding hydrogens is 282 g/mol. The van der Waals surface area contributed by atoms with Crippen LogP contribution in [-0.4, -0.2) is 47.9 Å². The molecule has 0 aromatic rings. The van der Waals surface area contributed by atoms with Crippen LogP contribution in [0.25, 0.3) is 0 Å². The molecule has 0 aromatic carbocycles. The van der Waals surface area contributed by atoms with E-state index in [1.54, 1.807) is 6.92 Å². The van der Waals surface area contributed by atoms with E-state index in [-0.39, 0.29) is 22.0 Å². The third kappa shape index (κ3) is 4.70. The molecule has 5 heteroatoms. The van der Waals surface area contributed by atoms with Crippen molar-refractivity contribution in [2.45, 2.75) is 73.0 Å². The SMILES string of the molecule is CCOC(=O)[C@@H]1CCC[N+]1(CC(C)(C)C)C(=O)OC(C)(C)C. The van der Waals surface area contributed by atoms with Crippen molar-refractivity contribution in [3.63, 3.8) is 0 Å². The molecule has 1 heterocycles. The summed E-state index contributed by atoms with van der Waals surface area (Å²) in [5, 5.41) is 0. The summed E-state index contributed by atoms with van der Waals surface area (Å²) < 4.78 is 10.9. The maximum Gasteiger partial charge on any atom is 0.517 e. The maximum atomic E-state index is 12.9. The van der Waals surface area contributed by atoms with Gasteiger partial charge in [-0.25, -0.2) is 9.28 Å². The van der Waals surface area contributed by atoms with Crippen molar-refractivity contribution < 1.29 is 23.5 Å². The highest BCUT2D eigenvalue weighted by molar-refractivity contribution is 5.77. The van der Waals surface area contributed by atoms with Crippen LogP contribution in [0.1, 0.15) is 61.3 Å². The van der Waals surface area contributed by atoms with E-state index in [0.29, 0.717) is 26.1 Å². The minimum absolute atomic E-state index is 0.0552. The number of hydrogen-bond acceptors (Lipinski definition) is 4. The largest absolute Gasteiger partial charge is 0.517 e. The monoisotopic (exact) mass is 314 g/mol. The second-order valence-electron chi connectivity index (χ2n) is 8.37. The predicted octanol–water partition coefficient (Wildman–Crippen LogP) is 3.51. The fraction of sp³-hybridized carbons (Fsp3) is 0.882. The highest BCUT2D eigenvalue weighted by atomic mass is 16.6. The van der Waals surface area contributed by atoms with Crippen molar-refractivity contribution in [3.05, 3.63) is 0 Å².